The van der Waals surface area contributed by atoms with Gasteiger partial charge in [-0.25, -0.2) is 0 Å². The van der Waals surface area contributed by atoms with Gasteiger partial charge >= 0.3 is 0 Å². The van der Waals surface area contributed by atoms with E-state index in [4.69, 9.17) is 5.73 Å². The first-order chi connectivity index (χ1) is 8.57. The molecule has 18 heavy (non-hydrogen) atoms. The van der Waals surface area contributed by atoms with Crippen LogP contribution in [0.1, 0.15) is 43.4 Å². The van der Waals surface area contributed by atoms with E-state index in [1.165, 1.54) is 5.56 Å². The van der Waals surface area contributed by atoms with Crippen molar-refractivity contribution in [3.8, 4) is 0 Å². The predicted octanol–water partition coefficient (Wildman–Crippen LogP) is 2.30. The fraction of sp³-hybridized carbons (Fsp3) is 0.533. The van der Waals surface area contributed by atoms with Gasteiger partial charge in [0.2, 0.25) is 5.91 Å². The number of nitrogens with two attached hydrogens (primary N) is 1. The Balaban J connectivity index is 2.01. The topological polar surface area (TPSA) is 55.1 Å². The zero-order chi connectivity index (χ0) is 13.2. The highest BCUT2D eigenvalue weighted by molar-refractivity contribution is 5.84. The SMILES string of the molecule is Cc1ccc([C@@H](C)NC(=O)C2(CN)CCC2)cc1. The molecule has 0 spiro atoms. The molecule has 0 aromatic heterocycles. The summed E-state index contributed by atoms with van der Waals surface area (Å²) in [5, 5.41) is 3.09. The maximum Gasteiger partial charge on any atom is 0.227 e. The highest BCUT2D eigenvalue weighted by atomic mass is 16.2. The molecule has 1 amide bonds. The predicted molar refractivity (Wildman–Crippen MR) is 73.1 cm³/mol. The minimum absolute atomic E-state index is 0.0436. The van der Waals surface area contributed by atoms with E-state index in [1.807, 2.05) is 6.92 Å². The molecule has 1 aromatic rings. The molecule has 1 atom stereocenters. The number of rotatable bonds is 4. The lowest BCUT2D eigenvalue weighted by Gasteiger charge is -2.39. The first-order valence-corrected chi connectivity index (χ1v) is 6.65. The van der Waals surface area contributed by atoms with Crippen LogP contribution in [-0.2, 0) is 4.79 Å². The van der Waals surface area contributed by atoms with Crippen LogP contribution in [-0.4, -0.2) is 12.5 Å². The molecular weight excluding hydrogens is 224 g/mol. The molecule has 3 nitrogen and oxygen atoms in total. The molecule has 1 fully saturated rings. The number of aryl methyl sites for hydroxylation is 1. The number of nitrogens with one attached hydrogen (secondary N) is 1. The lowest BCUT2D eigenvalue weighted by atomic mass is 9.68. The Morgan fingerprint density at radius 3 is 2.44 bits per heavy atom. The minimum Gasteiger partial charge on any atom is -0.349 e. The number of amides is 1. The van der Waals surface area contributed by atoms with Crippen molar-refractivity contribution in [3.05, 3.63) is 35.4 Å². The van der Waals surface area contributed by atoms with E-state index >= 15 is 0 Å². The molecule has 1 saturated carbocycles. The van der Waals surface area contributed by atoms with Crippen molar-refractivity contribution in [2.24, 2.45) is 11.1 Å². The van der Waals surface area contributed by atoms with Gasteiger partial charge in [-0.1, -0.05) is 36.2 Å². The van der Waals surface area contributed by atoms with Crippen molar-refractivity contribution in [1.29, 1.82) is 0 Å². The molecule has 0 saturated heterocycles. The van der Waals surface area contributed by atoms with Crippen molar-refractivity contribution in [2.45, 2.75) is 39.2 Å². The molecule has 3 N–H and O–H groups in total. The summed E-state index contributed by atoms with van der Waals surface area (Å²) in [6.45, 7) is 4.54. The fourth-order valence-electron chi connectivity index (χ4n) is 2.42. The monoisotopic (exact) mass is 246 g/mol. The average Bonchev–Trinajstić information content (AvgIpc) is 2.29. The Kier molecular flexibility index (Phi) is 3.71. The summed E-state index contributed by atoms with van der Waals surface area (Å²) in [5.41, 5.74) is 7.82. The molecule has 1 aliphatic carbocycles. The Labute approximate surface area is 109 Å². The second-order valence-electron chi connectivity index (χ2n) is 5.44. The summed E-state index contributed by atoms with van der Waals surface area (Å²) in [7, 11) is 0. The molecule has 0 unspecified atom stereocenters. The highest BCUT2D eigenvalue weighted by Crippen LogP contribution is 2.40. The van der Waals surface area contributed by atoms with E-state index in [1.54, 1.807) is 0 Å². The van der Waals surface area contributed by atoms with Crippen LogP contribution in [0, 0.1) is 12.3 Å². The van der Waals surface area contributed by atoms with Gasteiger partial charge in [0.15, 0.2) is 0 Å². The first-order valence-electron chi connectivity index (χ1n) is 6.65. The lowest BCUT2D eigenvalue weighted by Crippen LogP contribution is -2.50. The van der Waals surface area contributed by atoms with Gasteiger partial charge in [-0.2, -0.15) is 0 Å². The second-order valence-corrected chi connectivity index (χ2v) is 5.44. The van der Waals surface area contributed by atoms with Crippen LogP contribution in [0.4, 0.5) is 0 Å². The van der Waals surface area contributed by atoms with E-state index < -0.39 is 0 Å². The largest absolute Gasteiger partial charge is 0.349 e. The smallest absolute Gasteiger partial charge is 0.227 e. The maximum atomic E-state index is 12.2. The summed E-state index contributed by atoms with van der Waals surface area (Å²) in [6, 6.07) is 8.31. The lowest BCUT2D eigenvalue weighted by molar-refractivity contribution is -0.135. The normalized spacial score (nSPS) is 18.8. The van der Waals surface area contributed by atoms with E-state index in [9.17, 15) is 4.79 Å². The number of hydrogen-bond donors (Lipinski definition) is 2. The van der Waals surface area contributed by atoms with Crippen LogP contribution in [0.3, 0.4) is 0 Å². The van der Waals surface area contributed by atoms with Crippen molar-refractivity contribution in [2.75, 3.05) is 6.54 Å². The Morgan fingerprint density at radius 1 is 1.39 bits per heavy atom. The van der Waals surface area contributed by atoms with Crippen molar-refractivity contribution in [3.63, 3.8) is 0 Å². The molecule has 98 valence electrons. The molecule has 1 aromatic carbocycles. The van der Waals surface area contributed by atoms with Crippen LogP contribution in [0.25, 0.3) is 0 Å². The Hall–Kier alpha value is -1.35. The first kappa shape index (κ1) is 13.1. The van der Waals surface area contributed by atoms with Crippen LogP contribution in [0.2, 0.25) is 0 Å². The van der Waals surface area contributed by atoms with Gasteiger partial charge in [0.25, 0.3) is 0 Å². The highest BCUT2D eigenvalue weighted by Gasteiger charge is 2.43. The van der Waals surface area contributed by atoms with Crippen molar-refractivity contribution < 1.29 is 4.79 Å². The van der Waals surface area contributed by atoms with Gasteiger partial charge in [0.05, 0.1) is 11.5 Å². The van der Waals surface area contributed by atoms with Gasteiger partial charge in [-0.05, 0) is 32.3 Å². The zero-order valence-electron chi connectivity index (χ0n) is 11.2. The quantitative estimate of drug-likeness (QED) is 0.856. The van der Waals surface area contributed by atoms with Gasteiger partial charge < -0.3 is 11.1 Å². The third-order valence-corrected chi connectivity index (χ3v) is 4.11. The van der Waals surface area contributed by atoms with E-state index in [0.29, 0.717) is 6.54 Å². The van der Waals surface area contributed by atoms with Crippen LogP contribution >= 0.6 is 0 Å². The zero-order valence-corrected chi connectivity index (χ0v) is 11.2. The molecule has 3 heteroatoms. The molecule has 0 aliphatic heterocycles. The summed E-state index contributed by atoms with van der Waals surface area (Å²) in [6.07, 6.45) is 2.97. The average molecular weight is 246 g/mol. The van der Waals surface area contributed by atoms with Crippen LogP contribution in [0.5, 0.6) is 0 Å². The third-order valence-electron chi connectivity index (χ3n) is 4.11. The number of hydrogen-bond acceptors (Lipinski definition) is 2. The van der Waals surface area contributed by atoms with Gasteiger partial charge in [-0.3, -0.25) is 4.79 Å². The van der Waals surface area contributed by atoms with E-state index in [0.717, 1.165) is 24.8 Å². The van der Waals surface area contributed by atoms with E-state index in [-0.39, 0.29) is 17.4 Å². The second kappa shape index (κ2) is 5.11. The summed E-state index contributed by atoms with van der Waals surface area (Å²) >= 11 is 0. The third kappa shape index (κ3) is 2.41. The number of carbonyl (C=O) groups is 1. The summed E-state index contributed by atoms with van der Waals surface area (Å²) < 4.78 is 0. The summed E-state index contributed by atoms with van der Waals surface area (Å²) in [5.74, 6) is 0.115. The minimum atomic E-state index is -0.293. The molecule has 2 rings (SSSR count). The van der Waals surface area contributed by atoms with Crippen molar-refractivity contribution >= 4 is 5.91 Å². The van der Waals surface area contributed by atoms with Crippen LogP contribution in [0.15, 0.2) is 24.3 Å². The Bertz CT molecular complexity index is 415. The molecule has 1 aliphatic rings. The number of benzene rings is 1. The van der Waals surface area contributed by atoms with Crippen molar-refractivity contribution in [1.82, 2.24) is 5.32 Å². The fourth-order valence-corrected chi connectivity index (χ4v) is 2.42. The molecule has 0 heterocycles. The molecular formula is C15H22N2O. The van der Waals surface area contributed by atoms with Crippen LogP contribution < -0.4 is 11.1 Å². The standard InChI is InChI=1S/C15H22N2O/c1-11-4-6-13(7-5-11)12(2)17-14(18)15(10-16)8-3-9-15/h4-7,12H,3,8-10,16H2,1-2H3,(H,17,18)/t12-/m1/s1. The maximum absolute atomic E-state index is 12.2. The van der Waals surface area contributed by atoms with Gasteiger partial charge in [-0.15, -0.1) is 0 Å². The van der Waals surface area contributed by atoms with Gasteiger partial charge in [0, 0.05) is 6.54 Å². The summed E-state index contributed by atoms with van der Waals surface area (Å²) in [4.78, 5) is 12.2. The number of carbonyl (C=O) groups excluding carboxylic acids is 1. The van der Waals surface area contributed by atoms with E-state index in [2.05, 4.69) is 36.5 Å². The molecule has 0 bridgehead atoms. The Morgan fingerprint density at radius 2 is 2.00 bits per heavy atom. The van der Waals surface area contributed by atoms with Gasteiger partial charge in [0.1, 0.15) is 0 Å². The molecule has 0 radical (unpaired) electrons.